The predicted octanol–water partition coefficient (Wildman–Crippen LogP) is 3.27. The smallest absolute Gasteiger partial charge is 0.307 e. The number of ether oxygens (including phenoxy) is 1. The van der Waals surface area contributed by atoms with Gasteiger partial charge in [0.1, 0.15) is 5.75 Å². The maximum atomic E-state index is 11.6. The molecular weight excluding hydrogens is 290 g/mol. The molecule has 23 heavy (non-hydrogen) atoms. The van der Waals surface area contributed by atoms with Crippen molar-refractivity contribution in [2.24, 2.45) is 17.8 Å². The number of carbonyl (C=O) groups is 1. The number of rotatable bonds is 8. The van der Waals surface area contributed by atoms with Crippen LogP contribution in [0.15, 0.2) is 18.2 Å². The molecule has 2 atom stereocenters. The first kappa shape index (κ1) is 17.8. The summed E-state index contributed by atoms with van der Waals surface area (Å²) in [6, 6.07) is 6.11. The van der Waals surface area contributed by atoms with Crippen LogP contribution in [-0.2, 0) is 11.2 Å². The molecule has 1 aliphatic rings. The molecule has 1 aromatic rings. The van der Waals surface area contributed by atoms with Crippen LogP contribution in [0.5, 0.6) is 5.75 Å². The van der Waals surface area contributed by atoms with E-state index >= 15 is 0 Å². The van der Waals surface area contributed by atoms with Gasteiger partial charge in [0, 0.05) is 0 Å². The van der Waals surface area contributed by atoms with E-state index in [4.69, 9.17) is 4.74 Å². The summed E-state index contributed by atoms with van der Waals surface area (Å²) in [7, 11) is 0. The second-order valence-electron chi connectivity index (χ2n) is 7.09. The molecule has 2 rings (SSSR count). The summed E-state index contributed by atoms with van der Waals surface area (Å²) in [4.78, 5) is 11.6. The summed E-state index contributed by atoms with van der Waals surface area (Å²) in [5.41, 5.74) is 2.18. The van der Waals surface area contributed by atoms with Crippen molar-refractivity contribution in [1.29, 1.82) is 0 Å². The van der Waals surface area contributed by atoms with Gasteiger partial charge in [-0.05, 0) is 74.4 Å². The van der Waals surface area contributed by atoms with Crippen LogP contribution in [0.3, 0.4) is 0 Å². The summed E-state index contributed by atoms with van der Waals surface area (Å²) >= 11 is 0. The van der Waals surface area contributed by atoms with Gasteiger partial charge >= 0.3 is 5.97 Å². The fraction of sp³-hybridized carbons (Fsp3) is 0.632. The first-order valence-electron chi connectivity index (χ1n) is 8.62. The topological polar surface area (TPSA) is 58.6 Å². The fourth-order valence-corrected chi connectivity index (χ4v) is 3.17. The highest BCUT2D eigenvalue weighted by Gasteiger charge is 2.30. The van der Waals surface area contributed by atoms with E-state index in [-0.39, 0.29) is 11.8 Å². The SMILES string of the molecule is Cc1cc(CC(C(=O)O)C2CCNC2)cc(OCCC(C)C)c1. The number of benzene rings is 1. The van der Waals surface area contributed by atoms with Crippen molar-refractivity contribution < 1.29 is 14.6 Å². The van der Waals surface area contributed by atoms with E-state index in [1.54, 1.807) is 0 Å². The van der Waals surface area contributed by atoms with E-state index in [0.717, 1.165) is 42.8 Å². The van der Waals surface area contributed by atoms with E-state index in [1.165, 1.54) is 0 Å². The Balaban J connectivity index is 2.05. The number of carboxylic acids is 1. The number of hydrogen-bond acceptors (Lipinski definition) is 3. The Morgan fingerprint density at radius 3 is 2.78 bits per heavy atom. The number of carboxylic acid groups (broad SMARTS) is 1. The van der Waals surface area contributed by atoms with Crippen LogP contribution in [0.2, 0.25) is 0 Å². The minimum absolute atomic E-state index is 0.221. The van der Waals surface area contributed by atoms with Crippen LogP contribution in [0, 0.1) is 24.7 Å². The average Bonchev–Trinajstić information content (AvgIpc) is 2.97. The maximum absolute atomic E-state index is 11.6. The molecule has 0 aliphatic carbocycles. The van der Waals surface area contributed by atoms with E-state index in [0.29, 0.717) is 18.9 Å². The Hall–Kier alpha value is -1.55. The minimum Gasteiger partial charge on any atom is -0.494 e. The van der Waals surface area contributed by atoms with Gasteiger partial charge in [-0.3, -0.25) is 4.79 Å². The average molecular weight is 319 g/mol. The van der Waals surface area contributed by atoms with Gasteiger partial charge in [0.25, 0.3) is 0 Å². The minimum atomic E-state index is -0.692. The van der Waals surface area contributed by atoms with E-state index in [1.807, 2.05) is 19.1 Å². The van der Waals surface area contributed by atoms with Crippen molar-refractivity contribution in [2.45, 2.75) is 40.0 Å². The maximum Gasteiger partial charge on any atom is 0.307 e. The highest BCUT2D eigenvalue weighted by Crippen LogP contribution is 2.26. The molecule has 2 N–H and O–H groups in total. The molecule has 1 saturated heterocycles. The van der Waals surface area contributed by atoms with Crippen LogP contribution in [-0.4, -0.2) is 30.8 Å². The third-order valence-electron chi connectivity index (χ3n) is 4.51. The standard InChI is InChI=1S/C19H29NO3/c1-13(2)5-7-23-17-9-14(3)8-15(10-17)11-18(19(21)22)16-4-6-20-12-16/h8-10,13,16,18,20H,4-7,11-12H2,1-3H3,(H,21,22). The second kappa shape index (κ2) is 8.34. The molecule has 0 amide bonds. The van der Waals surface area contributed by atoms with Crippen molar-refractivity contribution >= 4 is 5.97 Å². The van der Waals surface area contributed by atoms with Crippen LogP contribution in [0.25, 0.3) is 0 Å². The quantitative estimate of drug-likeness (QED) is 0.772. The molecule has 1 aromatic carbocycles. The second-order valence-corrected chi connectivity index (χ2v) is 7.09. The summed E-state index contributed by atoms with van der Waals surface area (Å²) in [5.74, 6) is 0.677. The molecule has 2 unspecified atom stereocenters. The lowest BCUT2D eigenvalue weighted by Gasteiger charge is -2.19. The van der Waals surface area contributed by atoms with E-state index < -0.39 is 5.97 Å². The molecule has 4 heteroatoms. The molecule has 4 nitrogen and oxygen atoms in total. The van der Waals surface area contributed by atoms with Gasteiger partial charge in [-0.15, -0.1) is 0 Å². The number of aliphatic carboxylic acids is 1. The molecule has 1 heterocycles. The van der Waals surface area contributed by atoms with Gasteiger partial charge < -0.3 is 15.2 Å². The van der Waals surface area contributed by atoms with Gasteiger partial charge in [0.2, 0.25) is 0 Å². The first-order valence-corrected chi connectivity index (χ1v) is 8.62. The summed E-state index contributed by atoms with van der Waals surface area (Å²) in [6.07, 6.45) is 2.54. The summed E-state index contributed by atoms with van der Waals surface area (Å²) in [5, 5.41) is 12.8. The first-order chi connectivity index (χ1) is 11.0. The van der Waals surface area contributed by atoms with Crippen LogP contribution in [0.4, 0.5) is 0 Å². The van der Waals surface area contributed by atoms with Crippen molar-refractivity contribution in [3.63, 3.8) is 0 Å². The Morgan fingerprint density at radius 2 is 2.17 bits per heavy atom. The fourth-order valence-electron chi connectivity index (χ4n) is 3.17. The zero-order valence-corrected chi connectivity index (χ0v) is 14.5. The van der Waals surface area contributed by atoms with Gasteiger partial charge in [-0.2, -0.15) is 0 Å². The lowest BCUT2D eigenvalue weighted by atomic mass is 9.86. The molecule has 0 aromatic heterocycles. The van der Waals surface area contributed by atoms with Crippen molar-refractivity contribution in [3.8, 4) is 5.75 Å². The van der Waals surface area contributed by atoms with Crippen LogP contribution >= 0.6 is 0 Å². The van der Waals surface area contributed by atoms with E-state index in [9.17, 15) is 9.90 Å². The highest BCUT2D eigenvalue weighted by atomic mass is 16.5. The largest absolute Gasteiger partial charge is 0.494 e. The zero-order chi connectivity index (χ0) is 16.8. The molecule has 0 bridgehead atoms. The normalized spacial score (nSPS) is 19.0. The molecule has 0 saturated carbocycles. The lowest BCUT2D eigenvalue weighted by Crippen LogP contribution is -2.27. The van der Waals surface area contributed by atoms with Crippen molar-refractivity contribution in [3.05, 3.63) is 29.3 Å². The van der Waals surface area contributed by atoms with Gasteiger partial charge in [-0.1, -0.05) is 19.9 Å². The highest BCUT2D eigenvalue weighted by molar-refractivity contribution is 5.71. The van der Waals surface area contributed by atoms with Gasteiger partial charge in [0.15, 0.2) is 0 Å². The Labute approximate surface area is 139 Å². The molecule has 1 fully saturated rings. The van der Waals surface area contributed by atoms with Crippen LogP contribution in [0.1, 0.15) is 37.8 Å². The Bertz CT molecular complexity index is 521. The summed E-state index contributed by atoms with van der Waals surface area (Å²) < 4.78 is 5.85. The third-order valence-corrected chi connectivity index (χ3v) is 4.51. The van der Waals surface area contributed by atoms with Crippen molar-refractivity contribution in [1.82, 2.24) is 5.32 Å². The predicted molar refractivity (Wildman–Crippen MR) is 91.9 cm³/mol. The van der Waals surface area contributed by atoms with Gasteiger partial charge in [0.05, 0.1) is 12.5 Å². The zero-order valence-electron chi connectivity index (χ0n) is 14.5. The van der Waals surface area contributed by atoms with Crippen LogP contribution < -0.4 is 10.1 Å². The molecular formula is C19H29NO3. The Kier molecular flexibility index (Phi) is 6.46. The summed E-state index contributed by atoms with van der Waals surface area (Å²) in [6.45, 7) is 8.82. The number of nitrogens with one attached hydrogen (secondary N) is 1. The molecule has 0 radical (unpaired) electrons. The Morgan fingerprint density at radius 1 is 1.39 bits per heavy atom. The van der Waals surface area contributed by atoms with Crippen molar-refractivity contribution in [2.75, 3.05) is 19.7 Å². The molecule has 0 spiro atoms. The third kappa shape index (κ3) is 5.54. The molecule has 1 aliphatic heterocycles. The van der Waals surface area contributed by atoms with Gasteiger partial charge in [-0.25, -0.2) is 0 Å². The monoisotopic (exact) mass is 319 g/mol. The lowest BCUT2D eigenvalue weighted by molar-refractivity contribution is -0.143. The number of hydrogen-bond donors (Lipinski definition) is 2. The molecule has 128 valence electrons. The van der Waals surface area contributed by atoms with E-state index in [2.05, 4.69) is 25.2 Å². The number of aryl methyl sites for hydroxylation is 1.